The number of carbonyl (C=O) groups excluding carboxylic acids is 1. The number of rotatable bonds is 4. The number of anilines is 1. The number of ether oxygens (including phenoxy) is 1. The summed E-state index contributed by atoms with van der Waals surface area (Å²) in [7, 11) is 0. The zero-order valence-electron chi connectivity index (χ0n) is 15.9. The summed E-state index contributed by atoms with van der Waals surface area (Å²) in [4.78, 5) is 25.2. The SMILES string of the molecule is CC1Oc2ccc(CN3CCC(c4ccc(C(=O)O)cc4)CC3)cc2NC1=O. The molecule has 1 fully saturated rings. The van der Waals surface area contributed by atoms with E-state index in [2.05, 4.69) is 16.3 Å². The second-order valence-electron chi connectivity index (χ2n) is 7.56. The lowest BCUT2D eigenvalue weighted by Crippen LogP contribution is -2.35. The van der Waals surface area contributed by atoms with Crippen molar-refractivity contribution < 1.29 is 19.4 Å². The minimum absolute atomic E-state index is 0.112. The van der Waals surface area contributed by atoms with Gasteiger partial charge in [0.25, 0.3) is 5.91 Å². The molecule has 2 aromatic carbocycles. The minimum Gasteiger partial charge on any atom is -0.479 e. The van der Waals surface area contributed by atoms with Crippen molar-refractivity contribution in [1.29, 1.82) is 0 Å². The van der Waals surface area contributed by atoms with E-state index in [1.54, 1.807) is 19.1 Å². The van der Waals surface area contributed by atoms with E-state index in [1.807, 2.05) is 24.3 Å². The fourth-order valence-electron chi connectivity index (χ4n) is 3.93. The lowest BCUT2D eigenvalue weighted by Gasteiger charge is -2.32. The Morgan fingerprint density at radius 3 is 2.57 bits per heavy atom. The number of aromatic carboxylic acids is 1. The molecule has 2 aliphatic rings. The van der Waals surface area contributed by atoms with Crippen LogP contribution < -0.4 is 10.1 Å². The van der Waals surface area contributed by atoms with Crippen LogP contribution >= 0.6 is 0 Å². The van der Waals surface area contributed by atoms with Crippen molar-refractivity contribution in [3.8, 4) is 5.75 Å². The molecule has 1 atom stereocenters. The number of nitrogens with zero attached hydrogens (tertiary/aromatic N) is 1. The Morgan fingerprint density at radius 1 is 1.18 bits per heavy atom. The highest BCUT2D eigenvalue weighted by Gasteiger charge is 2.25. The molecule has 1 unspecified atom stereocenters. The van der Waals surface area contributed by atoms with E-state index >= 15 is 0 Å². The largest absolute Gasteiger partial charge is 0.479 e. The van der Waals surface area contributed by atoms with E-state index in [0.29, 0.717) is 11.5 Å². The molecular formula is C22H24N2O4. The molecule has 2 N–H and O–H groups in total. The molecule has 146 valence electrons. The molecule has 0 spiro atoms. The van der Waals surface area contributed by atoms with Crippen LogP contribution in [0.2, 0.25) is 0 Å². The van der Waals surface area contributed by atoms with Crippen LogP contribution in [0.1, 0.15) is 47.2 Å². The highest BCUT2D eigenvalue weighted by molar-refractivity contribution is 5.97. The van der Waals surface area contributed by atoms with Gasteiger partial charge in [-0.15, -0.1) is 0 Å². The van der Waals surface area contributed by atoms with Gasteiger partial charge in [0.05, 0.1) is 11.3 Å². The summed E-state index contributed by atoms with van der Waals surface area (Å²) in [5.41, 5.74) is 3.45. The summed E-state index contributed by atoms with van der Waals surface area (Å²) in [6.07, 6.45) is 1.64. The van der Waals surface area contributed by atoms with Crippen LogP contribution in [0.3, 0.4) is 0 Å². The highest BCUT2D eigenvalue weighted by atomic mass is 16.5. The Balaban J connectivity index is 1.35. The molecule has 4 rings (SSSR count). The molecule has 1 amide bonds. The molecule has 0 aromatic heterocycles. The molecule has 0 bridgehead atoms. The van der Waals surface area contributed by atoms with E-state index in [0.717, 1.165) is 49.5 Å². The van der Waals surface area contributed by atoms with Gasteiger partial charge in [-0.25, -0.2) is 4.79 Å². The molecule has 0 saturated carbocycles. The molecule has 2 aromatic rings. The van der Waals surface area contributed by atoms with Crippen molar-refractivity contribution in [1.82, 2.24) is 4.90 Å². The van der Waals surface area contributed by atoms with Crippen molar-refractivity contribution in [2.24, 2.45) is 0 Å². The van der Waals surface area contributed by atoms with Crippen molar-refractivity contribution in [3.05, 3.63) is 59.2 Å². The normalized spacial score (nSPS) is 20.2. The van der Waals surface area contributed by atoms with E-state index < -0.39 is 12.1 Å². The van der Waals surface area contributed by atoms with E-state index in [4.69, 9.17) is 9.84 Å². The monoisotopic (exact) mass is 380 g/mol. The van der Waals surface area contributed by atoms with E-state index in [9.17, 15) is 9.59 Å². The maximum absolute atomic E-state index is 11.8. The summed E-state index contributed by atoms with van der Waals surface area (Å²) in [5, 5.41) is 11.9. The number of nitrogens with one attached hydrogen (secondary N) is 1. The molecule has 2 heterocycles. The molecule has 6 heteroatoms. The van der Waals surface area contributed by atoms with E-state index in [1.165, 1.54) is 5.56 Å². The van der Waals surface area contributed by atoms with Crippen molar-refractivity contribution in [2.75, 3.05) is 18.4 Å². The first kappa shape index (κ1) is 18.5. The first-order valence-corrected chi connectivity index (χ1v) is 9.65. The maximum atomic E-state index is 11.8. The predicted molar refractivity (Wildman–Crippen MR) is 106 cm³/mol. The molecule has 0 aliphatic carbocycles. The number of carbonyl (C=O) groups is 2. The summed E-state index contributed by atoms with van der Waals surface area (Å²) < 4.78 is 5.61. The maximum Gasteiger partial charge on any atom is 0.335 e. The van der Waals surface area contributed by atoms with Gasteiger partial charge in [0, 0.05) is 6.54 Å². The first-order valence-electron chi connectivity index (χ1n) is 9.65. The first-order chi connectivity index (χ1) is 13.5. The molecule has 2 aliphatic heterocycles. The van der Waals surface area contributed by atoms with Gasteiger partial charge in [0.15, 0.2) is 6.10 Å². The van der Waals surface area contributed by atoms with Crippen molar-refractivity contribution in [2.45, 2.75) is 38.3 Å². The van der Waals surface area contributed by atoms with Crippen LogP contribution in [-0.2, 0) is 11.3 Å². The van der Waals surface area contributed by atoms with Crippen LogP contribution in [0.5, 0.6) is 5.75 Å². The number of benzene rings is 2. The van der Waals surface area contributed by atoms with Gasteiger partial charge in [-0.1, -0.05) is 18.2 Å². The van der Waals surface area contributed by atoms with Crippen LogP contribution in [0.25, 0.3) is 0 Å². The van der Waals surface area contributed by atoms with Gasteiger partial charge in [-0.2, -0.15) is 0 Å². The second-order valence-corrected chi connectivity index (χ2v) is 7.56. The van der Waals surface area contributed by atoms with Crippen LogP contribution in [0, 0.1) is 0 Å². The number of amides is 1. The number of fused-ring (bicyclic) bond motifs is 1. The third-order valence-electron chi connectivity index (χ3n) is 5.60. The van der Waals surface area contributed by atoms with Gasteiger partial charge >= 0.3 is 5.97 Å². The number of carboxylic acid groups (broad SMARTS) is 1. The summed E-state index contributed by atoms with van der Waals surface area (Å²) in [6.45, 7) is 4.56. The number of hydrogen-bond donors (Lipinski definition) is 2. The summed E-state index contributed by atoms with van der Waals surface area (Å²) in [6, 6.07) is 13.2. The van der Waals surface area contributed by atoms with Gasteiger partial charge in [-0.3, -0.25) is 9.69 Å². The zero-order chi connectivity index (χ0) is 19.7. The number of hydrogen-bond acceptors (Lipinski definition) is 4. The minimum atomic E-state index is -0.887. The van der Waals surface area contributed by atoms with Crippen LogP contribution in [-0.4, -0.2) is 41.1 Å². The van der Waals surface area contributed by atoms with Crippen LogP contribution in [0.15, 0.2) is 42.5 Å². The second kappa shape index (κ2) is 7.64. The quantitative estimate of drug-likeness (QED) is 0.849. The molecule has 6 nitrogen and oxygen atoms in total. The molecule has 1 saturated heterocycles. The Bertz CT molecular complexity index is 886. The molecular weight excluding hydrogens is 356 g/mol. The highest BCUT2D eigenvalue weighted by Crippen LogP contribution is 2.32. The average Bonchev–Trinajstić information content (AvgIpc) is 2.70. The van der Waals surface area contributed by atoms with Crippen LogP contribution in [0.4, 0.5) is 5.69 Å². The lowest BCUT2D eigenvalue weighted by molar-refractivity contribution is -0.122. The Kier molecular flexibility index (Phi) is 5.05. The number of carboxylic acids is 1. The third-order valence-corrected chi connectivity index (χ3v) is 5.60. The number of piperidine rings is 1. The van der Waals surface area contributed by atoms with Crippen molar-refractivity contribution in [3.63, 3.8) is 0 Å². The summed E-state index contributed by atoms with van der Waals surface area (Å²) >= 11 is 0. The van der Waals surface area contributed by atoms with Crippen molar-refractivity contribution >= 4 is 17.6 Å². The smallest absolute Gasteiger partial charge is 0.335 e. The summed E-state index contributed by atoms with van der Waals surface area (Å²) in [5.74, 6) is 0.193. The van der Waals surface area contributed by atoms with Gasteiger partial charge in [0.1, 0.15) is 5.75 Å². The molecule has 28 heavy (non-hydrogen) atoms. The van der Waals surface area contributed by atoms with E-state index in [-0.39, 0.29) is 5.91 Å². The fraction of sp³-hybridized carbons (Fsp3) is 0.364. The van der Waals surface area contributed by atoms with Gasteiger partial charge in [-0.05, 0) is 74.2 Å². The molecule has 0 radical (unpaired) electrons. The third kappa shape index (κ3) is 3.87. The topological polar surface area (TPSA) is 78.9 Å². The Hall–Kier alpha value is -2.86. The zero-order valence-corrected chi connectivity index (χ0v) is 15.9. The lowest BCUT2D eigenvalue weighted by atomic mass is 9.89. The van der Waals surface area contributed by atoms with Gasteiger partial charge in [0.2, 0.25) is 0 Å². The predicted octanol–water partition coefficient (Wildman–Crippen LogP) is 3.48. The average molecular weight is 380 g/mol. The van der Waals surface area contributed by atoms with Gasteiger partial charge < -0.3 is 15.2 Å². The standard InChI is InChI=1S/C22H24N2O4/c1-14-21(25)23-19-12-15(2-7-20(19)28-14)13-24-10-8-17(9-11-24)16-3-5-18(6-4-16)22(26)27/h2-7,12,14,17H,8-11,13H2,1H3,(H,23,25)(H,26,27). The Morgan fingerprint density at radius 2 is 1.89 bits per heavy atom. The fourth-order valence-corrected chi connectivity index (χ4v) is 3.93. The Labute approximate surface area is 164 Å². The number of likely N-dealkylation sites (tertiary alicyclic amines) is 1.